The Hall–Kier alpha value is -1.28. The van der Waals surface area contributed by atoms with Crippen molar-refractivity contribution in [2.45, 2.75) is 26.3 Å². The van der Waals surface area contributed by atoms with E-state index >= 15 is 0 Å². The predicted octanol–water partition coefficient (Wildman–Crippen LogP) is 3.24. The second-order valence-corrected chi connectivity index (χ2v) is 4.05. The average Bonchev–Trinajstić information content (AvgIpc) is 2.68. The smallest absolute Gasteiger partial charge is 0.0482 e. The number of ether oxygens (including phenoxy) is 1. The van der Waals surface area contributed by atoms with Gasteiger partial charge in [-0.05, 0) is 30.4 Å². The molecule has 2 heteroatoms. The zero-order chi connectivity index (χ0) is 11.4. The number of aromatic nitrogens is 1. The van der Waals surface area contributed by atoms with Crippen molar-refractivity contribution >= 4 is 10.9 Å². The molecule has 0 aliphatic carbocycles. The normalized spacial score (nSPS) is 11.1. The van der Waals surface area contributed by atoms with Crippen molar-refractivity contribution in [2.24, 2.45) is 0 Å². The SMILES string of the molecule is CCc1cc2ccccc2n1CCCOC. The molecule has 86 valence electrons. The first-order chi connectivity index (χ1) is 7.86. The first-order valence-electron chi connectivity index (χ1n) is 5.93. The molecule has 0 radical (unpaired) electrons. The standard InChI is InChI=1S/C14H19NO/c1-3-13-11-12-7-4-5-8-14(12)15(13)9-6-10-16-2/h4-5,7-8,11H,3,6,9-10H2,1-2H3. The molecule has 0 bridgehead atoms. The van der Waals surface area contributed by atoms with E-state index in [1.54, 1.807) is 7.11 Å². The van der Waals surface area contributed by atoms with Crippen LogP contribution in [0.3, 0.4) is 0 Å². The van der Waals surface area contributed by atoms with Crippen molar-refractivity contribution in [2.75, 3.05) is 13.7 Å². The Morgan fingerprint density at radius 1 is 1.25 bits per heavy atom. The quantitative estimate of drug-likeness (QED) is 0.701. The second kappa shape index (κ2) is 5.17. The summed E-state index contributed by atoms with van der Waals surface area (Å²) >= 11 is 0. The highest BCUT2D eigenvalue weighted by molar-refractivity contribution is 5.81. The van der Waals surface area contributed by atoms with Gasteiger partial charge in [0.1, 0.15) is 0 Å². The van der Waals surface area contributed by atoms with Crippen LogP contribution in [0.15, 0.2) is 30.3 Å². The van der Waals surface area contributed by atoms with Gasteiger partial charge in [0, 0.05) is 31.5 Å². The molecule has 0 aliphatic rings. The Bertz CT molecular complexity index is 459. The molecule has 0 amide bonds. The largest absolute Gasteiger partial charge is 0.385 e. The number of fused-ring (bicyclic) bond motifs is 1. The van der Waals surface area contributed by atoms with Gasteiger partial charge in [-0.3, -0.25) is 0 Å². The molecular weight excluding hydrogens is 198 g/mol. The lowest BCUT2D eigenvalue weighted by Crippen LogP contribution is -2.04. The molecule has 0 atom stereocenters. The molecule has 1 heterocycles. The van der Waals surface area contributed by atoms with Gasteiger partial charge in [0.05, 0.1) is 0 Å². The van der Waals surface area contributed by atoms with Gasteiger partial charge in [-0.1, -0.05) is 25.1 Å². The highest BCUT2D eigenvalue weighted by Gasteiger charge is 2.05. The summed E-state index contributed by atoms with van der Waals surface area (Å²) < 4.78 is 7.52. The Labute approximate surface area is 96.8 Å². The maximum Gasteiger partial charge on any atom is 0.0482 e. The molecule has 0 saturated heterocycles. The highest BCUT2D eigenvalue weighted by Crippen LogP contribution is 2.20. The van der Waals surface area contributed by atoms with Crippen LogP contribution in [0.25, 0.3) is 10.9 Å². The second-order valence-electron chi connectivity index (χ2n) is 4.05. The van der Waals surface area contributed by atoms with E-state index in [1.165, 1.54) is 16.6 Å². The van der Waals surface area contributed by atoms with Gasteiger partial charge < -0.3 is 9.30 Å². The van der Waals surface area contributed by atoms with E-state index in [-0.39, 0.29) is 0 Å². The van der Waals surface area contributed by atoms with Crippen LogP contribution >= 0.6 is 0 Å². The zero-order valence-electron chi connectivity index (χ0n) is 10.1. The molecule has 0 spiro atoms. The molecule has 2 aromatic rings. The van der Waals surface area contributed by atoms with E-state index in [2.05, 4.69) is 41.8 Å². The molecule has 0 aliphatic heterocycles. The number of hydrogen-bond acceptors (Lipinski definition) is 1. The first-order valence-corrected chi connectivity index (χ1v) is 5.93. The molecular formula is C14H19NO. The lowest BCUT2D eigenvalue weighted by Gasteiger charge is -2.09. The third-order valence-corrected chi connectivity index (χ3v) is 2.99. The summed E-state index contributed by atoms with van der Waals surface area (Å²) in [5.74, 6) is 0. The van der Waals surface area contributed by atoms with Crippen LogP contribution < -0.4 is 0 Å². The fourth-order valence-corrected chi connectivity index (χ4v) is 2.19. The maximum atomic E-state index is 5.11. The van der Waals surface area contributed by atoms with E-state index in [4.69, 9.17) is 4.74 Å². The molecule has 0 fully saturated rings. The third kappa shape index (κ3) is 2.12. The van der Waals surface area contributed by atoms with Crippen LogP contribution in [0.2, 0.25) is 0 Å². The van der Waals surface area contributed by atoms with Gasteiger partial charge in [0.2, 0.25) is 0 Å². The van der Waals surface area contributed by atoms with Gasteiger partial charge in [-0.25, -0.2) is 0 Å². The minimum atomic E-state index is 0.829. The number of nitrogens with zero attached hydrogens (tertiary/aromatic N) is 1. The van der Waals surface area contributed by atoms with Crippen LogP contribution in [0, 0.1) is 0 Å². The first kappa shape index (κ1) is 11.2. The maximum absolute atomic E-state index is 5.11. The fraction of sp³-hybridized carbons (Fsp3) is 0.429. The van der Waals surface area contributed by atoms with Crippen molar-refractivity contribution in [3.05, 3.63) is 36.0 Å². The van der Waals surface area contributed by atoms with Gasteiger partial charge in [0.25, 0.3) is 0 Å². The van der Waals surface area contributed by atoms with Gasteiger partial charge in [-0.2, -0.15) is 0 Å². The molecule has 0 N–H and O–H groups in total. The predicted molar refractivity (Wildman–Crippen MR) is 67.8 cm³/mol. The Morgan fingerprint density at radius 2 is 2.06 bits per heavy atom. The zero-order valence-corrected chi connectivity index (χ0v) is 10.1. The van der Waals surface area contributed by atoms with Crippen molar-refractivity contribution in [3.8, 4) is 0 Å². The number of hydrogen-bond donors (Lipinski definition) is 0. The Morgan fingerprint density at radius 3 is 2.81 bits per heavy atom. The number of para-hydroxylation sites is 1. The summed E-state index contributed by atoms with van der Waals surface area (Å²) in [5.41, 5.74) is 2.76. The summed E-state index contributed by atoms with van der Waals surface area (Å²) in [6.45, 7) is 4.08. The molecule has 1 aromatic heterocycles. The average molecular weight is 217 g/mol. The van der Waals surface area contributed by atoms with E-state index < -0.39 is 0 Å². The van der Waals surface area contributed by atoms with Gasteiger partial charge in [-0.15, -0.1) is 0 Å². The van der Waals surface area contributed by atoms with Crippen molar-refractivity contribution in [1.29, 1.82) is 0 Å². The monoisotopic (exact) mass is 217 g/mol. The topological polar surface area (TPSA) is 14.2 Å². The molecule has 0 unspecified atom stereocenters. The van der Waals surface area contributed by atoms with Crippen LogP contribution in [0.4, 0.5) is 0 Å². The minimum absolute atomic E-state index is 0.829. The summed E-state index contributed by atoms with van der Waals surface area (Å²) in [7, 11) is 1.76. The van der Waals surface area contributed by atoms with E-state index in [9.17, 15) is 0 Å². The number of rotatable bonds is 5. The van der Waals surface area contributed by atoms with Crippen molar-refractivity contribution in [1.82, 2.24) is 4.57 Å². The van der Waals surface area contributed by atoms with Crippen LogP contribution in [0.5, 0.6) is 0 Å². The van der Waals surface area contributed by atoms with E-state index in [0.29, 0.717) is 0 Å². The lowest BCUT2D eigenvalue weighted by molar-refractivity contribution is 0.190. The van der Waals surface area contributed by atoms with Crippen LogP contribution in [-0.2, 0) is 17.7 Å². The molecule has 1 aromatic carbocycles. The highest BCUT2D eigenvalue weighted by atomic mass is 16.5. The van der Waals surface area contributed by atoms with Gasteiger partial charge >= 0.3 is 0 Å². The van der Waals surface area contributed by atoms with E-state index in [0.717, 1.165) is 26.0 Å². The summed E-state index contributed by atoms with van der Waals surface area (Å²) in [6, 6.07) is 10.9. The Balaban J connectivity index is 2.32. The van der Waals surface area contributed by atoms with Gasteiger partial charge in [0.15, 0.2) is 0 Å². The minimum Gasteiger partial charge on any atom is -0.385 e. The molecule has 2 rings (SSSR count). The molecule has 16 heavy (non-hydrogen) atoms. The number of methoxy groups -OCH3 is 1. The van der Waals surface area contributed by atoms with Crippen LogP contribution in [0.1, 0.15) is 19.0 Å². The summed E-state index contributed by atoms with van der Waals surface area (Å²) in [4.78, 5) is 0. The number of benzene rings is 1. The third-order valence-electron chi connectivity index (χ3n) is 2.99. The fourth-order valence-electron chi connectivity index (χ4n) is 2.19. The molecule has 0 saturated carbocycles. The summed E-state index contributed by atoms with van der Waals surface area (Å²) in [6.07, 6.45) is 2.16. The Kier molecular flexibility index (Phi) is 3.62. The van der Waals surface area contributed by atoms with E-state index in [1.807, 2.05) is 0 Å². The summed E-state index contributed by atoms with van der Waals surface area (Å²) in [5, 5.41) is 1.34. The molecule has 2 nitrogen and oxygen atoms in total. The van der Waals surface area contributed by atoms with Crippen LogP contribution in [-0.4, -0.2) is 18.3 Å². The number of aryl methyl sites for hydroxylation is 2. The van der Waals surface area contributed by atoms with Crippen molar-refractivity contribution < 1.29 is 4.74 Å². The van der Waals surface area contributed by atoms with Crippen molar-refractivity contribution in [3.63, 3.8) is 0 Å². The lowest BCUT2D eigenvalue weighted by atomic mass is 10.2.